The summed E-state index contributed by atoms with van der Waals surface area (Å²) in [4.78, 5) is 5.52. The van der Waals surface area contributed by atoms with Gasteiger partial charge in [0.2, 0.25) is 0 Å². The third-order valence-corrected chi connectivity index (χ3v) is 6.71. The number of aromatic nitrogens is 6. The van der Waals surface area contributed by atoms with E-state index in [1.807, 2.05) is 24.8 Å². The van der Waals surface area contributed by atoms with Crippen molar-refractivity contribution < 1.29 is 22.7 Å². The van der Waals surface area contributed by atoms with Crippen molar-refractivity contribution in [3.63, 3.8) is 0 Å². The number of anilines is 1. The van der Waals surface area contributed by atoms with Gasteiger partial charge in [0.15, 0.2) is 5.69 Å². The van der Waals surface area contributed by atoms with Crippen LogP contribution in [0.5, 0.6) is 0 Å². The Morgan fingerprint density at radius 3 is 2.61 bits per heavy atom. The zero-order chi connectivity index (χ0) is 27.4. The summed E-state index contributed by atoms with van der Waals surface area (Å²) in [6, 6.07) is 6.27. The molecule has 0 saturated carbocycles. The van der Waals surface area contributed by atoms with E-state index in [9.17, 15) is 18.3 Å². The monoisotopic (exact) mass is 551 g/mol. The molecule has 0 bridgehead atoms. The molecule has 0 amide bonds. The first-order chi connectivity index (χ1) is 18.0. The van der Waals surface area contributed by atoms with Gasteiger partial charge < -0.3 is 14.6 Å². The second-order valence-electron chi connectivity index (χ2n) is 9.53. The molecule has 0 spiro atoms. The van der Waals surface area contributed by atoms with Crippen LogP contribution in [-0.4, -0.2) is 46.9 Å². The van der Waals surface area contributed by atoms with Crippen LogP contribution in [0.3, 0.4) is 0 Å². The molecule has 0 radical (unpaired) electrons. The highest BCUT2D eigenvalue weighted by Gasteiger charge is 2.35. The van der Waals surface area contributed by atoms with Crippen molar-refractivity contribution in [3.8, 4) is 22.8 Å². The van der Waals surface area contributed by atoms with Gasteiger partial charge >= 0.3 is 6.18 Å². The van der Waals surface area contributed by atoms with Crippen LogP contribution in [-0.2, 0) is 25.8 Å². The number of aliphatic hydroxyl groups excluding tert-OH is 1. The molecule has 0 saturated heterocycles. The lowest BCUT2D eigenvalue weighted by atomic mass is 10.1. The topological polar surface area (TPSA) is 76.9 Å². The highest BCUT2D eigenvalue weighted by Crippen LogP contribution is 2.35. The molecule has 38 heavy (non-hydrogen) atoms. The second kappa shape index (κ2) is 9.73. The quantitative estimate of drug-likeness (QED) is 0.325. The minimum atomic E-state index is -4.63. The van der Waals surface area contributed by atoms with Gasteiger partial charge in [-0.3, -0.25) is 4.68 Å². The standard InChI is InChI=1S/C25H26ClF4N7O/c1-4-34-13-21(25(28,29)30)32-24(34)17-6-5-15(7-19(17)27)10-35-11-16(38)12-36-22(35)8-20(33-36)23-18(26)9-31-37(23)14(2)3/h5-9,13-14,16,38H,4,10-12H2,1-3H3. The van der Waals surface area contributed by atoms with Gasteiger partial charge in [-0.05, 0) is 38.5 Å². The third-order valence-electron chi connectivity index (χ3n) is 6.44. The SMILES string of the molecule is CCn1cc(C(F)(F)F)nc1-c1ccc(CN2CC(O)Cn3nc(-c4c(Cl)cnn4C(C)C)cc32)cc1F. The number of alkyl halides is 3. The van der Waals surface area contributed by atoms with Crippen LogP contribution in [0.4, 0.5) is 23.4 Å². The summed E-state index contributed by atoms with van der Waals surface area (Å²) in [5.41, 5.74) is 0.754. The van der Waals surface area contributed by atoms with Crippen molar-refractivity contribution in [1.29, 1.82) is 0 Å². The molecule has 4 heterocycles. The maximum atomic E-state index is 15.2. The van der Waals surface area contributed by atoms with Crippen molar-refractivity contribution in [3.05, 3.63) is 58.8 Å². The smallest absolute Gasteiger partial charge is 0.389 e. The van der Waals surface area contributed by atoms with Crippen molar-refractivity contribution in [1.82, 2.24) is 29.1 Å². The second-order valence-corrected chi connectivity index (χ2v) is 9.94. The number of imidazole rings is 1. The molecule has 1 aliphatic rings. The number of nitrogens with zero attached hydrogens (tertiary/aromatic N) is 7. The molecule has 0 fully saturated rings. The normalized spacial score (nSPS) is 15.9. The van der Waals surface area contributed by atoms with Crippen LogP contribution in [0.1, 0.15) is 38.1 Å². The number of rotatable bonds is 6. The summed E-state index contributed by atoms with van der Waals surface area (Å²) in [5, 5.41) is 19.9. The van der Waals surface area contributed by atoms with Crippen LogP contribution in [0.25, 0.3) is 22.8 Å². The van der Waals surface area contributed by atoms with Crippen molar-refractivity contribution in [2.75, 3.05) is 11.4 Å². The maximum absolute atomic E-state index is 15.2. The van der Waals surface area contributed by atoms with Crippen molar-refractivity contribution in [2.45, 2.75) is 58.7 Å². The lowest BCUT2D eigenvalue weighted by Gasteiger charge is -2.32. The number of hydrogen-bond acceptors (Lipinski definition) is 5. The fraction of sp³-hybridized carbons (Fsp3) is 0.400. The molecular weight excluding hydrogens is 526 g/mol. The average Bonchev–Trinajstić information content (AvgIpc) is 3.55. The number of benzene rings is 1. The molecule has 1 aromatic carbocycles. The maximum Gasteiger partial charge on any atom is 0.434 e. The fourth-order valence-electron chi connectivity index (χ4n) is 4.70. The van der Waals surface area contributed by atoms with E-state index in [0.717, 1.165) is 12.0 Å². The molecule has 202 valence electrons. The van der Waals surface area contributed by atoms with E-state index in [0.29, 0.717) is 28.5 Å². The summed E-state index contributed by atoms with van der Waals surface area (Å²) < 4.78 is 59.4. The summed E-state index contributed by atoms with van der Waals surface area (Å²) in [5.74, 6) is -0.0479. The minimum absolute atomic E-state index is 0.0197. The van der Waals surface area contributed by atoms with Gasteiger partial charge in [-0.1, -0.05) is 17.7 Å². The van der Waals surface area contributed by atoms with Crippen LogP contribution in [0.15, 0.2) is 36.7 Å². The van der Waals surface area contributed by atoms with Gasteiger partial charge in [0.1, 0.15) is 28.8 Å². The van der Waals surface area contributed by atoms with E-state index in [2.05, 4.69) is 15.2 Å². The number of hydrogen-bond donors (Lipinski definition) is 1. The van der Waals surface area contributed by atoms with E-state index < -0.39 is 23.8 Å². The van der Waals surface area contributed by atoms with Gasteiger partial charge in [0, 0.05) is 37.9 Å². The lowest BCUT2D eigenvalue weighted by Crippen LogP contribution is -2.41. The number of β-amino-alcohol motifs (C(OH)–C–C–N with tert-alkyl or cyclic N) is 1. The van der Waals surface area contributed by atoms with Gasteiger partial charge in [-0.15, -0.1) is 0 Å². The first-order valence-corrected chi connectivity index (χ1v) is 12.5. The fourth-order valence-corrected chi connectivity index (χ4v) is 4.93. The molecule has 3 aromatic heterocycles. The Labute approximate surface area is 221 Å². The van der Waals surface area contributed by atoms with E-state index in [4.69, 9.17) is 11.6 Å². The molecular formula is C25H26ClF4N7O. The van der Waals surface area contributed by atoms with Crippen LogP contribution in [0.2, 0.25) is 5.02 Å². The van der Waals surface area contributed by atoms with Gasteiger partial charge in [-0.25, -0.2) is 14.1 Å². The minimum Gasteiger partial charge on any atom is -0.389 e. The number of halogens is 5. The Balaban J connectivity index is 1.45. The van der Waals surface area contributed by atoms with Crippen LogP contribution < -0.4 is 4.90 Å². The van der Waals surface area contributed by atoms with E-state index in [-0.39, 0.29) is 37.1 Å². The first kappa shape index (κ1) is 26.2. The van der Waals surface area contributed by atoms with E-state index in [1.165, 1.54) is 16.7 Å². The number of fused-ring (bicyclic) bond motifs is 1. The highest BCUT2D eigenvalue weighted by atomic mass is 35.5. The van der Waals surface area contributed by atoms with Crippen molar-refractivity contribution >= 4 is 17.4 Å². The Morgan fingerprint density at radius 1 is 1.18 bits per heavy atom. The molecule has 0 aliphatic carbocycles. The number of aliphatic hydroxyl groups is 1. The molecule has 1 unspecified atom stereocenters. The van der Waals surface area contributed by atoms with Gasteiger partial charge in [0.25, 0.3) is 0 Å². The Morgan fingerprint density at radius 2 is 1.95 bits per heavy atom. The first-order valence-electron chi connectivity index (χ1n) is 12.1. The largest absolute Gasteiger partial charge is 0.434 e. The molecule has 1 N–H and O–H groups in total. The average molecular weight is 552 g/mol. The molecule has 8 nitrogen and oxygen atoms in total. The highest BCUT2D eigenvalue weighted by molar-refractivity contribution is 6.32. The summed E-state index contributed by atoms with van der Waals surface area (Å²) in [6.07, 6.45) is -2.89. The van der Waals surface area contributed by atoms with Gasteiger partial charge in [0.05, 0.1) is 29.4 Å². The van der Waals surface area contributed by atoms with Crippen LogP contribution in [0, 0.1) is 5.82 Å². The zero-order valence-corrected chi connectivity index (χ0v) is 21.7. The van der Waals surface area contributed by atoms with E-state index in [1.54, 1.807) is 28.6 Å². The van der Waals surface area contributed by atoms with Gasteiger partial charge in [-0.2, -0.15) is 23.4 Å². The Kier molecular flexibility index (Phi) is 6.72. The van der Waals surface area contributed by atoms with Crippen LogP contribution >= 0.6 is 11.6 Å². The predicted octanol–water partition coefficient (Wildman–Crippen LogP) is 5.40. The zero-order valence-electron chi connectivity index (χ0n) is 20.9. The Bertz CT molecular complexity index is 1470. The molecule has 4 aromatic rings. The molecule has 5 rings (SSSR count). The summed E-state index contributed by atoms with van der Waals surface area (Å²) >= 11 is 6.41. The molecule has 1 atom stereocenters. The Hall–Kier alpha value is -3.38. The number of aryl methyl sites for hydroxylation is 1. The molecule has 1 aliphatic heterocycles. The van der Waals surface area contributed by atoms with E-state index >= 15 is 4.39 Å². The molecule has 13 heteroatoms. The lowest BCUT2D eigenvalue weighted by molar-refractivity contribution is -0.140. The summed E-state index contributed by atoms with van der Waals surface area (Å²) in [6.45, 7) is 6.65. The third kappa shape index (κ3) is 4.78. The van der Waals surface area contributed by atoms with Crippen molar-refractivity contribution in [2.24, 2.45) is 0 Å². The summed E-state index contributed by atoms with van der Waals surface area (Å²) in [7, 11) is 0. The predicted molar refractivity (Wildman–Crippen MR) is 134 cm³/mol.